The Balaban J connectivity index is 0. The summed E-state index contributed by atoms with van der Waals surface area (Å²) in [6.07, 6.45) is 38.4. The summed E-state index contributed by atoms with van der Waals surface area (Å²) in [5, 5.41) is 27.0. The van der Waals surface area contributed by atoms with Gasteiger partial charge in [-0.15, -0.1) is 0 Å². The smallest absolute Gasteiger partial charge is 0.0807 e. The number of unbranched alkanes of at least 4 members (excludes halogenated alkanes) is 22. The lowest BCUT2D eigenvalue weighted by Gasteiger charge is -2.24. The highest BCUT2D eigenvalue weighted by atomic mass is 16.6. The van der Waals surface area contributed by atoms with E-state index in [4.69, 9.17) is 4.74 Å². The first-order valence-corrected chi connectivity index (χ1v) is 23.5. The fraction of sp³-hybridized carbons (Fsp3) is 1.00. The number of ether oxygens (including phenoxy) is 1. The molecule has 1 saturated heterocycles. The van der Waals surface area contributed by atoms with Crippen molar-refractivity contribution in [2.75, 3.05) is 74.1 Å². The molecule has 7 nitrogen and oxygen atoms in total. The van der Waals surface area contributed by atoms with Crippen molar-refractivity contribution in [1.29, 1.82) is 0 Å². The van der Waals surface area contributed by atoms with Crippen LogP contribution in [-0.2, 0) is 4.74 Å². The summed E-state index contributed by atoms with van der Waals surface area (Å²) in [6.45, 7) is 13.5. The molecule has 322 valence electrons. The maximum Gasteiger partial charge on any atom is 0.0807 e. The highest BCUT2D eigenvalue weighted by Gasteiger charge is 2.18. The van der Waals surface area contributed by atoms with Gasteiger partial charge < -0.3 is 35.4 Å². The molecule has 7 heteroatoms. The zero-order valence-corrected chi connectivity index (χ0v) is 37.4. The number of likely N-dealkylation sites (N-methyl/N-ethyl adjacent to an activating group) is 2. The average molecular weight is 757 g/mol. The van der Waals surface area contributed by atoms with E-state index in [2.05, 4.69) is 55.3 Å². The van der Waals surface area contributed by atoms with Crippen LogP contribution in [0.5, 0.6) is 0 Å². The first-order valence-electron chi connectivity index (χ1n) is 23.5. The molecule has 3 unspecified atom stereocenters. The quantitative estimate of drug-likeness (QED) is 0.0367. The number of nitrogens with one attached hydrogen (secondary N) is 2. The predicted octanol–water partition coefficient (Wildman–Crippen LogP) is 10.8. The van der Waals surface area contributed by atoms with Gasteiger partial charge in [-0.25, -0.2) is 0 Å². The second kappa shape index (κ2) is 46.1. The number of nitrogens with zero attached hydrogens (tertiary/aromatic N) is 2. The van der Waals surface area contributed by atoms with Crippen LogP contribution in [0.15, 0.2) is 0 Å². The van der Waals surface area contributed by atoms with E-state index in [0.29, 0.717) is 6.10 Å². The minimum absolute atomic E-state index is 0.196. The Hall–Kier alpha value is -0.280. The normalized spacial score (nSPS) is 14.9. The summed E-state index contributed by atoms with van der Waals surface area (Å²) in [4.78, 5) is 4.56. The van der Waals surface area contributed by atoms with Crippen molar-refractivity contribution in [3.05, 3.63) is 0 Å². The molecule has 0 saturated carbocycles. The monoisotopic (exact) mass is 757 g/mol. The van der Waals surface area contributed by atoms with Crippen LogP contribution in [-0.4, -0.2) is 112 Å². The number of aliphatic hydroxyl groups excluding tert-OH is 2. The number of rotatable bonds is 39. The molecule has 0 aliphatic carbocycles. The van der Waals surface area contributed by atoms with Crippen LogP contribution in [0.25, 0.3) is 0 Å². The maximum absolute atomic E-state index is 10.4. The Morgan fingerprint density at radius 3 is 1.04 bits per heavy atom. The molecule has 1 aliphatic rings. The minimum atomic E-state index is -0.196. The molecule has 3 atom stereocenters. The number of hydrogen-bond acceptors (Lipinski definition) is 7. The highest BCUT2D eigenvalue weighted by Crippen LogP contribution is 2.15. The first kappa shape index (κ1) is 54.8. The second-order valence-corrected chi connectivity index (χ2v) is 16.5. The van der Waals surface area contributed by atoms with Crippen molar-refractivity contribution in [3.63, 3.8) is 0 Å². The third-order valence-corrected chi connectivity index (χ3v) is 10.6. The zero-order valence-electron chi connectivity index (χ0n) is 37.4. The van der Waals surface area contributed by atoms with Crippen molar-refractivity contribution < 1.29 is 14.9 Å². The molecule has 0 aromatic carbocycles. The Labute approximate surface area is 333 Å². The van der Waals surface area contributed by atoms with Crippen molar-refractivity contribution in [2.24, 2.45) is 0 Å². The number of hydrogen-bond donors (Lipinski definition) is 4. The molecule has 0 bridgehead atoms. The minimum Gasteiger partial charge on any atom is -0.392 e. The van der Waals surface area contributed by atoms with Crippen molar-refractivity contribution in [2.45, 2.75) is 225 Å². The summed E-state index contributed by atoms with van der Waals surface area (Å²) in [6, 6.07) is 0. The molecule has 0 radical (unpaired) electrons. The molecule has 0 aromatic rings. The van der Waals surface area contributed by atoms with Crippen LogP contribution in [0.3, 0.4) is 0 Å². The van der Waals surface area contributed by atoms with E-state index in [-0.39, 0.29) is 12.2 Å². The SMILES string of the molecule is CCC1CO1.CCCCCCCCCCCCCCC(O)CN(C)CCCN(C)CC(O)CCCCCCCCCCCCCC.CNCCCNC. The van der Waals surface area contributed by atoms with E-state index in [9.17, 15) is 10.2 Å². The maximum atomic E-state index is 10.4. The van der Waals surface area contributed by atoms with Crippen LogP contribution < -0.4 is 10.6 Å². The van der Waals surface area contributed by atoms with E-state index in [1.165, 1.54) is 154 Å². The molecule has 1 rings (SSSR count). The van der Waals surface area contributed by atoms with Crippen LogP contribution in [0.1, 0.15) is 207 Å². The summed E-state index contributed by atoms with van der Waals surface area (Å²) in [7, 11) is 8.20. The van der Waals surface area contributed by atoms with Crippen molar-refractivity contribution >= 4 is 0 Å². The Kier molecular flexibility index (Phi) is 47.7. The summed E-state index contributed by atoms with van der Waals surface area (Å²) >= 11 is 0. The average Bonchev–Trinajstić information content (AvgIpc) is 3.98. The largest absolute Gasteiger partial charge is 0.392 e. The van der Waals surface area contributed by atoms with Gasteiger partial charge in [-0.3, -0.25) is 0 Å². The van der Waals surface area contributed by atoms with Crippen molar-refractivity contribution in [1.82, 2.24) is 20.4 Å². The van der Waals surface area contributed by atoms with E-state index < -0.39 is 0 Å². The lowest BCUT2D eigenvalue weighted by molar-refractivity contribution is 0.104. The standard InChI is InChI=1S/C37H78N2O2.C5H14N2.C4H8O/c1-5-7-9-11-13-15-17-19-21-23-25-27-30-36(40)34-38(3)32-29-33-39(4)35-37(41)31-28-26-24-22-20-18-16-14-12-10-8-6-2;1-6-4-3-5-7-2;1-2-4-3-5-4/h36-37,40-41H,5-35H2,1-4H3;6-7H,3-5H2,1-2H3;4H,2-3H2,1H3. The first-order chi connectivity index (χ1) is 25.8. The molecule has 4 N–H and O–H groups in total. The molecule has 0 spiro atoms. The van der Waals surface area contributed by atoms with Gasteiger partial charge in [0.2, 0.25) is 0 Å². The third kappa shape index (κ3) is 49.7. The van der Waals surface area contributed by atoms with Gasteiger partial charge in [-0.2, -0.15) is 0 Å². The van der Waals surface area contributed by atoms with E-state index in [1.807, 2.05) is 14.1 Å². The fourth-order valence-corrected chi connectivity index (χ4v) is 6.88. The molecular weight excluding hydrogens is 657 g/mol. The Morgan fingerprint density at radius 1 is 0.491 bits per heavy atom. The number of epoxide rings is 1. The van der Waals surface area contributed by atoms with E-state index in [1.54, 1.807) is 0 Å². The Bertz CT molecular complexity index is 608. The molecule has 1 heterocycles. The van der Waals surface area contributed by atoms with Crippen molar-refractivity contribution in [3.8, 4) is 0 Å². The molecule has 0 amide bonds. The number of aliphatic hydroxyl groups is 2. The topological polar surface area (TPSA) is 83.5 Å². The van der Waals surface area contributed by atoms with Gasteiger partial charge in [-0.05, 0) is 86.5 Å². The van der Waals surface area contributed by atoms with Crippen LogP contribution >= 0.6 is 0 Å². The lowest BCUT2D eigenvalue weighted by Crippen LogP contribution is -2.34. The van der Waals surface area contributed by atoms with Gasteiger partial charge in [0.15, 0.2) is 0 Å². The van der Waals surface area contributed by atoms with Crippen LogP contribution in [0, 0.1) is 0 Å². The fourth-order valence-electron chi connectivity index (χ4n) is 6.88. The van der Waals surface area contributed by atoms with Gasteiger partial charge >= 0.3 is 0 Å². The summed E-state index contributed by atoms with van der Waals surface area (Å²) in [5.41, 5.74) is 0. The molecule has 53 heavy (non-hydrogen) atoms. The van der Waals surface area contributed by atoms with Gasteiger partial charge in [0.1, 0.15) is 0 Å². The lowest BCUT2D eigenvalue weighted by atomic mass is 10.0. The second-order valence-electron chi connectivity index (χ2n) is 16.5. The summed E-state index contributed by atoms with van der Waals surface area (Å²) < 4.78 is 4.86. The highest BCUT2D eigenvalue weighted by molar-refractivity contribution is 4.66. The van der Waals surface area contributed by atoms with Gasteiger partial charge in [-0.1, -0.05) is 175 Å². The molecule has 1 aliphatic heterocycles. The van der Waals surface area contributed by atoms with Crippen LogP contribution in [0.4, 0.5) is 0 Å². The van der Waals surface area contributed by atoms with E-state index in [0.717, 1.165) is 78.0 Å². The predicted molar refractivity (Wildman–Crippen MR) is 236 cm³/mol. The van der Waals surface area contributed by atoms with Crippen LogP contribution in [0.2, 0.25) is 0 Å². The van der Waals surface area contributed by atoms with Gasteiger partial charge in [0.25, 0.3) is 0 Å². The third-order valence-electron chi connectivity index (χ3n) is 10.6. The van der Waals surface area contributed by atoms with E-state index >= 15 is 0 Å². The Morgan fingerprint density at radius 2 is 0.792 bits per heavy atom. The molecular formula is C46H100N4O3. The van der Waals surface area contributed by atoms with Gasteiger partial charge in [0.05, 0.1) is 24.9 Å². The summed E-state index contributed by atoms with van der Waals surface area (Å²) in [5.74, 6) is 0. The zero-order chi connectivity index (χ0) is 39.5. The van der Waals surface area contributed by atoms with Gasteiger partial charge in [0, 0.05) is 13.1 Å². The molecule has 1 fully saturated rings. The molecule has 0 aromatic heterocycles.